The third kappa shape index (κ3) is 12.6. The number of aliphatic hydroxyl groups is 1. The molecule has 15 nitrogen and oxygen atoms in total. The average molecular weight is 1070 g/mol. The van der Waals surface area contributed by atoms with E-state index >= 15 is 0 Å². The third-order valence-corrected chi connectivity index (χ3v) is 17.0. The number of hydrogen-bond donors (Lipinski definition) is 5. The van der Waals surface area contributed by atoms with Gasteiger partial charge < -0.3 is 40.3 Å². The summed E-state index contributed by atoms with van der Waals surface area (Å²) in [5.41, 5.74) is 5.94. The number of hydrogen-bond acceptors (Lipinski definition) is 12. The summed E-state index contributed by atoms with van der Waals surface area (Å²) in [5, 5.41) is 35.1. The van der Waals surface area contributed by atoms with E-state index in [4.69, 9.17) is 9.47 Å². The molecule has 2 bridgehead atoms. The molecule has 3 aliphatic rings. The first kappa shape index (κ1) is 54.8. The van der Waals surface area contributed by atoms with Crippen LogP contribution >= 0.6 is 11.3 Å². The van der Waals surface area contributed by atoms with Crippen LogP contribution in [0.25, 0.3) is 21.6 Å². The number of alkyl halides is 3. The van der Waals surface area contributed by atoms with E-state index in [1.807, 2.05) is 58.9 Å². The highest BCUT2D eigenvalue weighted by atomic mass is 32.2. The molecule has 0 aliphatic carbocycles. The predicted molar refractivity (Wildman–Crippen MR) is 279 cm³/mol. The normalized spacial score (nSPS) is 20.5. The minimum atomic E-state index is -4.90. The number of phenols is 2. The maximum atomic E-state index is 14.4. The van der Waals surface area contributed by atoms with Crippen LogP contribution in [-0.2, 0) is 29.1 Å². The number of aryl methyl sites for hydroxylation is 1. The van der Waals surface area contributed by atoms with Gasteiger partial charge in [0.2, 0.25) is 27.7 Å². The monoisotopic (exact) mass is 1070 g/mol. The van der Waals surface area contributed by atoms with Gasteiger partial charge in [0.05, 0.1) is 46.6 Å². The van der Waals surface area contributed by atoms with Crippen LogP contribution < -0.4 is 19.7 Å². The van der Waals surface area contributed by atoms with Gasteiger partial charge in [-0.3, -0.25) is 18.7 Å². The Balaban J connectivity index is 0.837. The number of β-amino-alcohol motifs (C(OH)–C–C–N with tert-alkyl or cyclic N) is 1. The number of amides is 3. The third-order valence-electron chi connectivity index (χ3n) is 13.9. The smallest absolute Gasteiger partial charge is 0.407 e. The van der Waals surface area contributed by atoms with Crippen LogP contribution in [0, 0.1) is 12.3 Å². The van der Waals surface area contributed by atoms with E-state index in [0.29, 0.717) is 45.8 Å². The van der Waals surface area contributed by atoms with Crippen molar-refractivity contribution in [1.29, 1.82) is 0 Å². The fraction of sp³-hybridized carbons (Fsp3) is 0.418. The van der Waals surface area contributed by atoms with Crippen LogP contribution in [0.15, 0.2) is 103 Å². The number of fused-ring (bicyclic) bond motifs is 2. The molecular formula is C55H62F3N5O10S2. The maximum absolute atomic E-state index is 14.4. The highest BCUT2D eigenvalue weighted by molar-refractivity contribution is 7.93. The summed E-state index contributed by atoms with van der Waals surface area (Å²) in [6, 6.07) is 23.1. The summed E-state index contributed by atoms with van der Waals surface area (Å²) >= 11 is 1.55. The van der Waals surface area contributed by atoms with Crippen molar-refractivity contribution in [2.75, 3.05) is 24.0 Å². The van der Waals surface area contributed by atoms with Crippen molar-refractivity contribution in [3.8, 4) is 27.7 Å². The minimum absolute atomic E-state index is 0.0154. The Bertz CT molecular complexity index is 2980. The first-order valence-corrected chi connectivity index (χ1v) is 27.2. The van der Waals surface area contributed by atoms with Crippen LogP contribution in [0.2, 0.25) is 0 Å². The molecule has 3 aliphatic heterocycles. The number of aliphatic hydroxyl groups excluding tert-OH is 1. The Morgan fingerprint density at radius 2 is 1.47 bits per heavy atom. The molecule has 1 aromatic heterocycles. The van der Waals surface area contributed by atoms with Crippen LogP contribution in [-0.4, -0.2) is 113 Å². The van der Waals surface area contributed by atoms with Gasteiger partial charge in [0.15, 0.2) is 0 Å². The number of unbranched alkanes of at least 4 members (excludes halogenated alkanes) is 2. The van der Waals surface area contributed by atoms with Crippen LogP contribution in [0.3, 0.4) is 0 Å². The quantitative estimate of drug-likeness (QED) is 0.0495. The molecule has 0 saturated carbocycles. The fourth-order valence-corrected chi connectivity index (χ4v) is 12.8. The Morgan fingerprint density at radius 3 is 2.05 bits per heavy atom. The molecule has 400 valence electrons. The Kier molecular flexibility index (Phi) is 16.4. The highest BCUT2D eigenvalue weighted by Crippen LogP contribution is 2.52. The topological polar surface area (TPSA) is 208 Å². The Morgan fingerprint density at radius 1 is 0.853 bits per heavy atom. The molecule has 20 heteroatoms. The van der Waals surface area contributed by atoms with E-state index < -0.39 is 81.7 Å². The number of carbonyl (C=O) groups is 3. The molecular weight excluding hydrogens is 1010 g/mol. The summed E-state index contributed by atoms with van der Waals surface area (Å²) in [6.45, 7) is 7.57. The fourth-order valence-electron chi connectivity index (χ4n) is 10.0. The molecule has 7 atom stereocenters. The van der Waals surface area contributed by atoms with E-state index in [1.54, 1.807) is 41.1 Å². The summed E-state index contributed by atoms with van der Waals surface area (Å²) in [4.78, 5) is 47.9. The molecule has 0 radical (unpaired) electrons. The Hall–Kier alpha value is -6.48. The first-order chi connectivity index (χ1) is 35.5. The second kappa shape index (κ2) is 22.4. The van der Waals surface area contributed by atoms with Gasteiger partial charge in [-0.15, -0.1) is 11.3 Å². The largest absolute Gasteiger partial charge is 0.508 e. The van der Waals surface area contributed by atoms with Gasteiger partial charge in [-0.1, -0.05) is 69.3 Å². The zero-order valence-corrected chi connectivity index (χ0v) is 43.8. The van der Waals surface area contributed by atoms with E-state index in [9.17, 15) is 51.3 Å². The Labute approximate surface area is 438 Å². The molecule has 3 unspecified atom stereocenters. The summed E-state index contributed by atoms with van der Waals surface area (Å²) in [6.07, 6.45) is -6.24. The number of nitrogens with zero attached hydrogens (tertiary/aromatic N) is 3. The second-order valence-electron chi connectivity index (χ2n) is 20.4. The number of carbonyl (C=O) groups excluding carboxylic acids is 3. The van der Waals surface area contributed by atoms with Gasteiger partial charge in [-0.05, 0) is 127 Å². The molecule has 5 aromatic rings. The zero-order valence-electron chi connectivity index (χ0n) is 42.2. The second-order valence-corrected chi connectivity index (χ2v) is 23.4. The van der Waals surface area contributed by atoms with Crippen molar-refractivity contribution in [2.24, 2.45) is 5.41 Å². The molecule has 5 N–H and O–H groups in total. The van der Waals surface area contributed by atoms with Crippen molar-refractivity contribution in [3.05, 3.63) is 125 Å². The number of phenolic OH excluding ortho intramolecular Hbond substituents is 2. The summed E-state index contributed by atoms with van der Waals surface area (Å²) in [7, 11) is -4.74. The lowest BCUT2D eigenvalue weighted by Gasteiger charge is -2.35. The van der Waals surface area contributed by atoms with E-state index in [2.05, 4.69) is 15.6 Å². The van der Waals surface area contributed by atoms with Gasteiger partial charge in [-0.2, -0.15) is 13.2 Å². The number of sulfonamides is 1. The predicted octanol–water partition coefficient (Wildman–Crippen LogP) is 8.69. The average Bonchev–Trinajstić information content (AvgIpc) is 4.21. The summed E-state index contributed by atoms with van der Waals surface area (Å²) in [5.74, 6) is -0.978. The van der Waals surface area contributed by atoms with Gasteiger partial charge in [-0.25, -0.2) is 13.4 Å². The molecule has 3 amide bonds. The number of nitrogens with one attached hydrogen (secondary N) is 2. The van der Waals surface area contributed by atoms with Gasteiger partial charge >= 0.3 is 6.18 Å². The lowest BCUT2D eigenvalue weighted by atomic mass is 9.83. The standard InChI is InChI=1S/C55H62F3N5O10S2/c1-32(34-10-12-37(13-11-34)50-33(2)59-31-74-50)60-52(68)43-27-41(66)29-62(43)53(69)51(54(3,4)5)61-46(67)9-7-6-8-26-72-42-24-18-38(19-25-42)63(30-55(56,57)58)75(70,71)45-28-44-47(35-14-20-39(64)21-15-35)48(49(45)73-44)36-16-22-40(65)23-17-36/h10-25,31-32,41,43-45,49,51,64-66H,6-9,26-30H2,1-5H3,(H,60,68)(H,61,67)/t32-,41+,43-,44?,45?,49?,51+/m0/s1. The van der Waals surface area contributed by atoms with Crippen molar-refractivity contribution in [2.45, 2.75) is 121 Å². The summed E-state index contributed by atoms with van der Waals surface area (Å²) < 4.78 is 83.9. The molecule has 4 aromatic carbocycles. The number of benzene rings is 4. The van der Waals surface area contributed by atoms with Crippen molar-refractivity contribution in [1.82, 2.24) is 20.5 Å². The minimum Gasteiger partial charge on any atom is -0.508 e. The number of likely N-dealkylation sites (tertiary alicyclic amines) is 1. The highest BCUT2D eigenvalue weighted by Gasteiger charge is 2.55. The van der Waals surface area contributed by atoms with Crippen molar-refractivity contribution >= 4 is 55.9 Å². The van der Waals surface area contributed by atoms with Crippen LogP contribution in [0.1, 0.15) is 94.6 Å². The van der Waals surface area contributed by atoms with Crippen molar-refractivity contribution in [3.63, 3.8) is 0 Å². The number of thiazole rings is 1. The molecule has 2 saturated heterocycles. The molecule has 75 heavy (non-hydrogen) atoms. The lowest BCUT2D eigenvalue weighted by Crippen LogP contribution is -2.57. The lowest BCUT2D eigenvalue weighted by molar-refractivity contribution is -0.144. The van der Waals surface area contributed by atoms with Crippen LogP contribution in [0.4, 0.5) is 18.9 Å². The van der Waals surface area contributed by atoms with E-state index in [0.717, 1.165) is 21.7 Å². The molecule has 4 heterocycles. The first-order valence-electron chi connectivity index (χ1n) is 24.9. The van der Waals surface area contributed by atoms with Gasteiger partial charge in [0, 0.05) is 19.4 Å². The van der Waals surface area contributed by atoms with Crippen molar-refractivity contribution < 1.29 is 60.8 Å². The molecule has 0 spiro atoms. The maximum Gasteiger partial charge on any atom is 0.407 e. The number of halogens is 3. The SMILES string of the molecule is Cc1ncsc1-c1ccc([C@H](C)NC(=O)[C@@H]2C[C@@H](O)CN2C(=O)[C@@H](NC(=O)CCCCCOc2ccc(N(CC(F)(F)F)S(=O)(=O)C3CC4OC3C(c3ccc(O)cc3)=C4c3ccc(O)cc3)cc2)C(C)(C)C)cc1. The number of rotatable bonds is 19. The molecule has 8 rings (SSSR count). The number of ether oxygens (including phenoxy) is 2. The van der Waals surface area contributed by atoms with E-state index in [1.165, 1.54) is 53.4 Å². The van der Waals surface area contributed by atoms with E-state index in [-0.39, 0.29) is 61.3 Å². The van der Waals surface area contributed by atoms with Crippen LogP contribution in [0.5, 0.6) is 17.2 Å². The number of aromatic nitrogens is 1. The number of aromatic hydroxyl groups is 2. The zero-order chi connectivity index (χ0) is 54.0. The number of anilines is 1. The molecule has 2 fully saturated rings. The van der Waals surface area contributed by atoms with Gasteiger partial charge in [0.1, 0.15) is 47.2 Å². The van der Waals surface area contributed by atoms with Gasteiger partial charge in [0.25, 0.3) is 0 Å².